The van der Waals surface area contributed by atoms with E-state index in [1.165, 1.54) is 11.3 Å². The van der Waals surface area contributed by atoms with Crippen molar-refractivity contribution in [1.29, 1.82) is 0 Å². The number of hydrogen-bond acceptors (Lipinski definition) is 5. The molecule has 0 N–H and O–H groups in total. The van der Waals surface area contributed by atoms with E-state index in [-0.39, 0.29) is 17.7 Å². The van der Waals surface area contributed by atoms with Crippen LogP contribution in [0.1, 0.15) is 50.2 Å². The molecule has 0 saturated carbocycles. The fourth-order valence-electron chi connectivity index (χ4n) is 3.75. The lowest BCUT2D eigenvalue weighted by Gasteiger charge is -2.32. The van der Waals surface area contributed by atoms with Crippen molar-refractivity contribution < 1.29 is 9.59 Å². The summed E-state index contributed by atoms with van der Waals surface area (Å²) in [5.41, 5.74) is 2.55. The number of aromatic nitrogens is 1. The summed E-state index contributed by atoms with van der Waals surface area (Å²) in [4.78, 5) is 34.8. The number of piperidine rings is 1. The zero-order valence-corrected chi connectivity index (χ0v) is 18.1. The summed E-state index contributed by atoms with van der Waals surface area (Å²) >= 11 is 9.07. The zero-order chi connectivity index (χ0) is 19.7. The number of likely N-dealkylation sites (tertiary alicyclic amines) is 1. The topological polar surface area (TPSA) is 53.5 Å². The molecule has 0 bridgehead atoms. The van der Waals surface area contributed by atoms with Gasteiger partial charge < -0.3 is 9.80 Å². The van der Waals surface area contributed by atoms with Gasteiger partial charge in [0.05, 0.1) is 26.3 Å². The van der Waals surface area contributed by atoms with Gasteiger partial charge in [-0.3, -0.25) is 14.6 Å². The number of nitrogens with zero attached hydrogens (tertiary/aromatic N) is 3. The molecular weight excluding hydrogens is 414 g/mol. The van der Waals surface area contributed by atoms with E-state index in [4.69, 9.17) is 16.6 Å². The maximum atomic E-state index is 13.0. The Morgan fingerprint density at radius 2 is 1.86 bits per heavy atom. The summed E-state index contributed by atoms with van der Waals surface area (Å²) in [6.07, 6.45) is 1.63. The zero-order valence-electron chi connectivity index (χ0n) is 15.7. The average molecular weight is 436 g/mol. The van der Waals surface area contributed by atoms with Gasteiger partial charge in [-0.05, 0) is 44.0 Å². The van der Waals surface area contributed by atoms with Crippen molar-refractivity contribution in [2.75, 3.05) is 31.3 Å². The lowest BCUT2D eigenvalue weighted by atomic mass is 9.89. The third-order valence-electron chi connectivity index (χ3n) is 5.29. The fraction of sp³-hybridized carbons (Fsp3) is 0.450. The van der Waals surface area contributed by atoms with Crippen LogP contribution in [-0.4, -0.2) is 57.9 Å². The number of carbonyl (C=O) groups excluding carboxylic acids is 2. The van der Waals surface area contributed by atoms with Gasteiger partial charge in [0, 0.05) is 37.0 Å². The Bertz CT molecular complexity index is 887. The third-order valence-corrected chi connectivity index (χ3v) is 7.47. The Balaban J connectivity index is 1.49. The molecule has 2 aromatic rings. The van der Waals surface area contributed by atoms with Gasteiger partial charge in [0.25, 0.3) is 11.8 Å². The van der Waals surface area contributed by atoms with E-state index < -0.39 is 0 Å². The first-order chi connectivity index (χ1) is 13.5. The van der Waals surface area contributed by atoms with Gasteiger partial charge in [0.2, 0.25) is 0 Å². The van der Waals surface area contributed by atoms with Crippen LogP contribution < -0.4 is 0 Å². The lowest BCUT2D eigenvalue weighted by Crippen LogP contribution is -2.38. The summed E-state index contributed by atoms with van der Waals surface area (Å²) in [6.45, 7) is 4.10. The van der Waals surface area contributed by atoms with Crippen LogP contribution in [0, 0.1) is 6.92 Å². The number of aryl methyl sites for hydroxylation is 1. The molecule has 0 radical (unpaired) electrons. The van der Waals surface area contributed by atoms with Gasteiger partial charge in [0.15, 0.2) is 0 Å². The number of hydrogen-bond donors (Lipinski definition) is 0. The smallest absolute Gasteiger partial charge is 0.263 e. The van der Waals surface area contributed by atoms with Crippen LogP contribution in [0.5, 0.6) is 0 Å². The number of amides is 2. The molecule has 0 aromatic carbocycles. The molecule has 5 nitrogen and oxygen atoms in total. The standard InChI is InChI=1S/C20H22ClN3O2S2/c1-13-2-3-15(19(25)24-10-11-27-12-24)18(22-13)14-6-8-23(9-7-14)20(26)16-4-5-17(21)28-16/h2-5,14H,6-12H2,1H3. The third kappa shape index (κ3) is 4.07. The van der Waals surface area contributed by atoms with E-state index >= 15 is 0 Å². The maximum Gasteiger partial charge on any atom is 0.263 e. The molecule has 2 amide bonds. The normalized spacial score (nSPS) is 17.9. The highest BCUT2D eigenvalue weighted by Gasteiger charge is 2.30. The van der Waals surface area contributed by atoms with Crippen LogP contribution in [0.15, 0.2) is 24.3 Å². The summed E-state index contributed by atoms with van der Waals surface area (Å²) in [5.74, 6) is 2.07. The minimum Gasteiger partial charge on any atom is -0.338 e. The Morgan fingerprint density at radius 3 is 2.50 bits per heavy atom. The van der Waals surface area contributed by atoms with Crippen molar-refractivity contribution in [1.82, 2.24) is 14.8 Å². The summed E-state index contributed by atoms with van der Waals surface area (Å²) in [7, 11) is 0. The second-order valence-electron chi connectivity index (χ2n) is 7.16. The average Bonchev–Trinajstić information content (AvgIpc) is 3.39. The van der Waals surface area contributed by atoms with Crippen LogP contribution >= 0.6 is 34.7 Å². The van der Waals surface area contributed by atoms with Crippen molar-refractivity contribution in [2.45, 2.75) is 25.7 Å². The number of rotatable bonds is 3. The molecule has 8 heteroatoms. The minimum atomic E-state index is 0.0398. The molecule has 4 heterocycles. The van der Waals surface area contributed by atoms with Crippen LogP contribution in [-0.2, 0) is 0 Å². The first kappa shape index (κ1) is 19.7. The number of thiophene rings is 1. The van der Waals surface area contributed by atoms with Gasteiger partial charge >= 0.3 is 0 Å². The quantitative estimate of drug-likeness (QED) is 0.722. The van der Waals surface area contributed by atoms with E-state index in [1.54, 1.807) is 23.9 Å². The van der Waals surface area contributed by atoms with Crippen molar-refractivity contribution in [3.05, 3.63) is 50.4 Å². The van der Waals surface area contributed by atoms with E-state index in [0.29, 0.717) is 22.3 Å². The molecule has 2 aliphatic heterocycles. The molecule has 0 spiro atoms. The molecule has 2 aliphatic rings. The van der Waals surface area contributed by atoms with Gasteiger partial charge in [-0.15, -0.1) is 23.1 Å². The first-order valence-electron chi connectivity index (χ1n) is 9.42. The Hall–Kier alpha value is -1.57. The largest absolute Gasteiger partial charge is 0.338 e. The van der Waals surface area contributed by atoms with E-state index in [9.17, 15) is 9.59 Å². The molecule has 148 valence electrons. The minimum absolute atomic E-state index is 0.0398. The molecule has 2 saturated heterocycles. The monoisotopic (exact) mass is 435 g/mol. The van der Waals surface area contributed by atoms with Crippen LogP contribution in [0.2, 0.25) is 4.34 Å². The van der Waals surface area contributed by atoms with E-state index in [2.05, 4.69) is 0 Å². The summed E-state index contributed by atoms with van der Waals surface area (Å²) in [6, 6.07) is 7.39. The molecule has 2 aromatic heterocycles. The molecule has 0 unspecified atom stereocenters. The number of halogens is 1. The summed E-state index contributed by atoms with van der Waals surface area (Å²) < 4.78 is 0.630. The second kappa shape index (κ2) is 8.43. The molecule has 0 atom stereocenters. The van der Waals surface area contributed by atoms with Crippen molar-refractivity contribution >= 4 is 46.5 Å². The first-order valence-corrected chi connectivity index (χ1v) is 11.8. The van der Waals surface area contributed by atoms with Crippen molar-refractivity contribution in [3.63, 3.8) is 0 Å². The van der Waals surface area contributed by atoms with Gasteiger partial charge in [-0.2, -0.15) is 0 Å². The Labute approximate surface area is 178 Å². The van der Waals surface area contributed by atoms with E-state index in [0.717, 1.165) is 48.0 Å². The lowest BCUT2D eigenvalue weighted by molar-refractivity contribution is 0.0712. The van der Waals surface area contributed by atoms with Crippen LogP contribution in [0.3, 0.4) is 0 Å². The predicted molar refractivity (Wildman–Crippen MR) is 115 cm³/mol. The number of pyridine rings is 1. The second-order valence-corrected chi connectivity index (χ2v) is 9.95. The molecule has 2 fully saturated rings. The number of carbonyl (C=O) groups is 2. The highest BCUT2D eigenvalue weighted by atomic mass is 35.5. The highest BCUT2D eigenvalue weighted by Crippen LogP contribution is 2.32. The molecule has 28 heavy (non-hydrogen) atoms. The predicted octanol–water partition coefficient (Wildman–Crippen LogP) is 4.27. The summed E-state index contributed by atoms with van der Waals surface area (Å²) in [5, 5.41) is 0. The molecule has 0 aliphatic carbocycles. The Morgan fingerprint density at radius 1 is 1.07 bits per heavy atom. The molecule has 4 rings (SSSR count). The van der Waals surface area contributed by atoms with Crippen LogP contribution in [0.4, 0.5) is 0 Å². The fourth-order valence-corrected chi connectivity index (χ4v) is 5.71. The Kier molecular flexibility index (Phi) is 5.94. The number of thioether (sulfide) groups is 1. The highest BCUT2D eigenvalue weighted by molar-refractivity contribution is 7.99. The molecular formula is C20H22ClN3O2S2. The maximum absolute atomic E-state index is 13.0. The van der Waals surface area contributed by atoms with Crippen LogP contribution in [0.25, 0.3) is 0 Å². The van der Waals surface area contributed by atoms with Crippen molar-refractivity contribution in [3.8, 4) is 0 Å². The van der Waals surface area contributed by atoms with Gasteiger partial charge in [-0.25, -0.2) is 0 Å². The van der Waals surface area contributed by atoms with Gasteiger partial charge in [0.1, 0.15) is 0 Å². The SMILES string of the molecule is Cc1ccc(C(=O)N2CCSC2)c(C2CCN(C(=O)c3ccc(Cl)s3)CC2)n1. The van der Waals surface area contributed by atoms with Crippen molar-refractivity contribution in [2.24, 2.45) is 0 Å². The van der Waals surface area contributed by atoms with E-state index in [1.807, 2.05) is 28.9 Å². The van der Waals surface area contributed by atoms with Gasteiger partial charge in [-0.1, -0.05) is 11.6 Å².